The van der Waals surface area contributed by atoms with Gasteiger partial charge in [-0.05, 0) is 29.8 Å². The molecule has 0 saturated carbocycles. The average Bonchev–Trinajstić information content (AvgIpc) is 2.76. The van der Waals surface area contributed by atoms with Gasteiger partial charge < -0.3 is 23.8 Å². The summed E-state index contributed by atoms with van der Waals surface area (Å²) in [4.78, 5) is 36.3. The van der Waals surface area contributed by atoms with Crippen molar-refractivity contribution in [2.24, 2.45) is 0 Å². The van der Waals surface area contributed by atoms with Crippen LogP contribution in [0.5, 0.6) is 17.2 Å². The molecule has 10 nitrogen and oxygen atoms in total. The van der Waals surface area contributed by atoms with Crippen molar-refractivity contribution < 1.29 is 33.5 Å². The SMILES string of the molecule is COc1ccc(C(=O)OCC(=O)N(C)Cc2ccc3c(c2)OCCO3)cc1[N+](=O)[O-]. The lowest BCUT2D eigenvalue weighted by Gasteiger charge is -2.21. The van der Waals surface area contributed by atoms with Crippen LogP contribution in [0.25, 0.3) is 0 Å². The van der Waals surface area contributed by atoms with Gasteiger partial charge in [-0.2, -0.15) is 0 Å². The van der Waals surface area contributed by atoms with Gasteiger partial charge in [0.1, 0.15) is 13.2 Å². The van der Waals surface area contributed by atoms with Crippen LogP contribution in [-0.4, -0.2) is 55.7 Å². The number of carbonyl (C=O) groups excluding carboxylic acids is 2. The lowest BCUT2D eigenvalue weighted by molar-refractivity contribution is -0.385. The van der Waals surface area contributed by atoms with Crippen LogP contribution in [-0.2, 0) is 16.1 Å². The second-order valence-corrected chi connectivity index (χ2v) is 6.45. The number of methoxy groups -OCH3 is 1. The monoisotopic (exact) mass is 416 g/mol. The van der Waals surface area contributed by atoms with Crippen LogP contribution in [0.3, 0.4) is 0 Å². The van der Waals surface area contributed by atoms with Gasteiger partial charge in [0.15, 0.2) is 23.9 Å². The predicted octanol–water partition coefficient (Wildman–Crippen LogP) is 2.19. The number of benzene rings is 2. The van der Waals surface area contributed by atoms with E-state index in [1.165, 1.54) is 24.1 Å². The first kappa shape index (κ1) is 20.9. The maximum atomic E-state index is 12.3. The van der Waals surface area contributed by atoms with Crippen LogP contribution in [0, 0.1) is 10.1 Å². The molecule has 1 aliphatic heterocycles. The maximum Gasteiger partial charge on any atom is 0.338 e. The van der Waals surface area contributed by atoms with Gasteiger partial charge >= 0.3 is 11.7 Å². The number of hydrogen-bond acceptors (Lipinski definition) is 8. The Morgan fingerprint density at radius 3 is 2.57 bits per heavy atom. The van der Waals surface area contributed by atoms with Crippen molar-refractivity contribution in [2.45, 2.75) is 6.54 Å². The summed E-state index contributed by atoms with van der Waals surface area (Å²) in [5.41, 5.74) is 0.408. The Morgan fingerprint density at radius 2 is 1.87 bits per heavy atom. The molecule has 0 aliphatic carbocycles. The van der Waals surface area contributed by atoms with E-state index in [4.69, 9.17) is 18.9 Å². The first-order valence-corrected chi connectivity index (χ1v) is 9.01. The molecule has 30 heavy (non-hydrogen) atoms. The molecule has 1 heterocycles. The number of nitro benzene ring substituents is 1. The van der Waals surface area contributed by atoms with E-state index in [2.05, 4.69) is 0 Å². The number of ether oxygens (including phenoxy) is 4. The number of nitrogens with zero attached hydrogens (tertiary/aromatic N) is 2. The third-order valence-electron chi connectivity index (χ3n) is 4.39. The molecular formula is C20H20N2O8. The van der Waals surface area contributed by atoms with E-state index < -0.39 is 23.4 Å². The average molecular weight is 416 g/mol. The van der Waals surface area contributed by atoms with Gasteiger partial charge in [-0.15, -0.1) is 0 Å². The molecule has 0 atom stereocenters. The van der Waals surface area contributed by atoms with E-state index in [0.29, 0.717) is 24.7 Å². The lowest BCUT2D eigenvalue weighted by atomic mass is 10.2. The van der Waals surface area contributed by atoms with E-state index in [-0.39, 0.29) is 23.5 Å². The summed E-state index contributed by atoms with van der Waals surface area (Å²) in [5, 5.41) is 11.1. The molecule has 0 fully saturated rings. The summed E-state index contributed by atoms with van der Waals surface area (Å²) in [5.74, 6) is 0.0171. The smallest absolute Gasteiger partial charge is 0.338 e. The van der Waals surface area contributed by atoms with Gasteiger partial charge in [0.2, 0.25) is 0 Å². The van der Waals surface area contributed by atoms with Gasteiger partial charge in [-0.3, -0.25) is 14.9 Å². The fourth-order valence-corrected chi connectivity index (χ4v) is 2.83. The van der Waals surface area contributed by atoms with Crippen molar-refractivity contribution >= 4 is 17.6 Å². The van der Waals surface area contributed by atoms with Crippen molar-refractivity contribution in [3.05, 3.63) is 57.6 Å². The molecule has 0 saturated heterocycles. The summed E-state index contributed by atoms with van der Waals surface area (Å²) in [6, 6.07) is 9.06. The van der Waals surface area contributed by atoms with Crippen LogP contribution in [0.15, 0.2) is 36.4 Å². The zero-order valence-corrected chi connectivity index (χ0v) is 16.5. The molecule has 1 aliphatic rings. The molecule has 0 unspecified atom stereocenters. The third kappa shape index (κ3) is 4.77. The molecule has 2 aromatic carbocycles. The summed E-state index contributed by atoms with van der Waals surface area (Å²) < 4.78 is 20.9. The number of rotatable bonds is 7. The number of nitro groups is 1. The van der Waals surface area contributed by atoms with Gasteiger partial charge in [-0.1, -0.05) is 6.07 Å². The van der Waals surface area contributed by atoms with Crippen molar-refractivity contribution in [1.82, 2.24) is 4.90 Å². The number of esters is 1. The molecule has 0 bridgehead atoms. The highest BCUT2D eigenvalue weighted by molar-refractivity contribution is 5.92. The zero-order chi connectivity index (χ0) is 21.7. The third-order valence-corrected chi connectivity index (χ3v) is 4.39. The fourth-order valence-electron chi connectivity index (χ4n) is 2.83. The van der Waals surface area contributed by atoms with Gasteiger partial charge in [0.25, 0.3) is 5.91 Å². The maximum absolute atomic E-state index is 12.3. The highest BCUT2D eigenvalue weighted by Gasteiger charge is 2.20. The highest BCUT2D eigenvalue weighted by atomic mass is 16.6. The summed E-state index contributed by atoms with van der Waals surface area (Å²) >= 11 is 0. The van der Waals surface area contributed by atoms with E-state index >= 15 is 0 Å². The highest BCUT2D eigenvalue weighted by Crippen LogP contribution is 2.31. The molecule has 1 amide bonds. The van der Waals surface area contributed by atoms with Crippen LogP contribution in [0.2, 0.25) is 0 Å². The first-order chi connectivity index (χ1) is 14.4. The van der Waals surface area contributed by atoms with Crippen molar-refractivity contribution in [1.29, 1.82) is 0 Å². The predicted molar refractivity (Wildman–Crippen MR) is 104 cm³/mol. The zero-order valence-electron chi connectivity index (χ0n) is 16.5. The number of likely N-dealkylation sites (N-methyl/N-ethyl adjacent to an activating group) is 1. The normalized spacial score (nSPS) is 12.1. The molecular weight excluding hydrogens is 396 g/mol. The number of carbonyl (C=O) groups is 2. The number of amides is 1. The topological polar surface area (TPSA) is 117 Å². The Balaban J connectivity index is 1.57. The quantitative estimate of drug-likeness (QED) is 0.383. The molecule has 0 radical (unpaired) electrons. The van der Waals surface area contributed by atoms with Crippen molar-refractivity contribution in [3.63, 3.8) is 0 Å². The van der Waals surface area contributed by atoms with Crippen molar-refractivity contribution in [2.75, 3.05) is 34.0 Å². The molecule has 2 aromatic rings. The summed E-state index contributed by atoms with van der Waals surface area (Å²) in [6.07, 6.45) is 0. The second kappa shape index (κ2) is 9.12. The van der Waals surface area contributed by atoms with Gasteiger partial charge in [-0.25, -0.2) is 4.79 Å². The Morgan fingerprint density at radius 1 is 1.13 bits per heavy atom. The Bertz CT molecular complexity index is 975. The summed E-state index contributed by atoms with van der Waals surface area (Å²) in [6.45, 7) is 0.735. The molecule has 0 aromatic heterocycles. The van der Waals surface area contributed by atoms with E-state index in [1.807, 2.05) is 6.07 Å². The van der Waals surface area contributed by atoms with Crippen LogP contribution in [0.4, 0.5) is 5.69 Å². The standard InChI is InChI=1S/C20H20N2O8/c1-21(11-13-3-5-17-18(9-13)29-8-7-28-17)19(23)12-30-20(24)14-4-6-16(27-2)15(10-14)22(25)26/h3-6,9-10H,7-8,11-12H2,1-2H3. The van der Waals surface area contributed by atoms with E-state index in [1.54, 1.807) is 19.2 Å². The Kier molecular flexibility index (Phi) is 6.35. The van der Waals surface area contributed by atoms with E-state index in [0.717, 1.165) is 11.6 Å². The number of fused-ring (bicyclic) bond motifs is 1. The molecule has 158 valence electrons. The van der Waals surface area contributed by atoms with E-state index in [9.17, 15) is 19.7 Å². The van der Waals surface area contributed by atoms with Gasteiger partial charge in [0.05, 0.1) is 17.6 Å². The minimum atomic E-state index is -0.846. The second-order valence-electron chi connectivity index (χ2n) is 6.45. The summed E-state index contributed by atoms with van der Waals surface area (Å²) in [7, 11) is 2.86. The fraction of sp³-hybridized carbons (Fsp3) is 0.300. The van der Waals surface area contributed by atoms with Crippen LogP contribution in [0.1, 0.15) is 15.9 Å². The Hall–Kier alpha value is -3.82. The lowest BCUT2D eigenvalue weighted by Crippen LogP contribution is -2.31. The number of hydrogen-bond donors (Lipinski definition) is 0. The molecule has 0 spiro atoms. The van der Waals surface area contributed by atoms with Crippen LogP contribution >= 0.6 is 0 Å². The molecule has 0 N–H and O–H groups in total. The molecule has 10 heteroatoms. The molecule has 3 rings (SSSR count). The van der Waals surface area contributed by atoms with Crippen molar-refractivity contribution in [3.8, 4) is 17.2 Å². The minimum absolute atomic E-state index is 0.0202. The van der Waals surface area contributed by atoms with Gasteiger partial charge in [0, 0.05) is 19.7 Å². The Labute approximate surface area is 172 Å². The van der Waals surface area contributed by atoms with Crippen LogP contribution < -0.4 is 14.2 Å². The largest absolute Gasteiger partial charge is 0.490 e. The first-order valence-electron chi connectivity index (χ1n) is 9.01. The minimum Gasteiger partial charge on any atom is -0.490 e.